The Bertz CT molecular complexity index is 933. The normalized spacial score (nSPS) is 12.5. The van der Waals surface area contributed by atoms with Crippen molar-refractivity contribution in [2.75, 3.05) is 13.2 Å². The molecule has 0 spiro atoms. The molecule has 0 radical (unpaired) electrons. The molecule has 2 atom stereocenters. The van der Waals surface area contributed by atoms with E-state index in [2.05, 4.69) is 34.6 Å². The third-order valence-corrected chi connectivity index (χ3v) is 12.8. The summed E-state index contributed by atoms with van der Waals surface area (Å²) in [5.74, 6) is 0.805. The van der Waals surface area contributed by atoms with Gasteiger partial charge in [-0.2, -0.15) is 0 Å². The van der Waals surface area contributed by atoms with E-state index >= 15 is 0 Å². The number of rotatable bonds is 49. The zero-order valence-electron chi connectivity index (χ0n) is 41.8. The van der Waals surface area contributed by atoms with E-state index in [1.54, 1.807) is 0 Å². The van der Waals surface area contributed by atoms with Crippen LogP contribution in [0, 0.1) is 11.8 Å². The van der Waals surface area contributed by atoms with Gasteiger partial charge in [-0.15, -0.1) is 0 Å². The Morgan fingerprint density at radius 3 is 0.934 bits per heavy atom. The summed E-state index contributed by atoms with van der Waals surface area (Å²) in [7, 11) is 0. The van der Waals surface area contributed by atoms with Crippen molar-refractivity contribution in [3.8, 4) is 0 Å². The quantitative estimate of drug-likeness (QED) is 0.0344. The van der Waals surface area contributed by atoms with Crippen LogP contribution in [0.3, 0.4) is 0 Å². The molecule has 362 valence electrons. The molecule has 6 heteroatoms. The van der Waals surface area contributed by atoms with Crippen LogP contribution in [-0.2, 0) is 28.6 Å². The van der Waals surface area contributed by atoms with E-state index in [4.69, 9.17) is 14.2 Å². The standard InChI is InChI=1S/C55H106O6/c1-6-8-9-10-11-12-13-14-15-16-17-18-19-20-21-24-30-35-40-45-53(56)59-48-52(61-55(58)47-42-37-32-27-26-29-34-39-44-51(5)7-2)49-60-54(57)46-41-36-31-25-22-23-28-33-38-43-50(3)4/h50-52H,6-49H2,1-5H3/t51?,52-/m1/s1. The van der Waals surface area contributed by atoms with E-state index in [9.17, 15) is 14.4 Å². The van der Waals surface area contributed by atoms with Gasteiger partial charge in [-0.1, -0.05) is 266 Å². The highest BCUT2D eigenvalue weighted by atomic mass is 16.6. The summed E-state index contributed by atoms with van der Waals surface area (Å²) in [5, 5.41) is 0. The van der Waals surface area contributed by atoms with Crippen molar-refractivity contribution in [3.05, 3.63) is 0 Å². The maximum atomic E-state index is 12.8. The van der Waals surface area contributed by atoms with Crippen LogP contribution in [0.4, 0.5) is 0 Å². The van der Waals surface area contributed by atoms with Crippen molar-refractivity contribution < 1.29 is 28.6 Å². The highest BCUT2D eigenvalue weighted by molar-refractivity contribution is 5.71. The molecule has 1 unspecified atom stereocenters. The molecule has 0 aliphatic heterocycles. The number of carbonyl (C=O) groups is 3. The van der Waals surface area contributed by atoms with Gasteiger partial charge in [0.05, 0.1) is 0 Å². The van der Waals surface area contributed by atoms with Crippen molar-refractivity contribution in [3.63, 3.8) is 0 Å². The van der Waals surface area contributed by atoms with E-state index in [1.165, 1.54) is 193 Å². The summed E-state index contributed by atoms with van der Waals surface area (Å²) >= 11 is 0. The highest BCUT2D eigenvalue weighted by Crippen LogP contribution is 2.18. The second-order valence-corrected chi connectivity index (χ2v) is 19.6. The Kier molecular flexibility index (Phi) is 46.6. The fourth-order valence-corrected chi connectivity index (χ4v) is 8.31. The average molecular weight is 863 g/mol. The molecule has 61 heavy (non-hydrogen) atoms. The minimum Gasteiger partial charge on any atom is -0.462 e. The van der Waals surface area contributed by atoms with Gasteiger partial charge in [-0.25, -0.2) is 0 Å². The van der Waals surface area contributed by atoms with Gasteiger partial charge >= 0.3 is 17.9 Å². The van der Waals surface area contributed by atoms with E-state index in [0.717, 1.165) is 69.6 Å². The van der Waals surface area contributed by atoms with Gasteiger partial charge in [0.15, 0.2) is 6.10 Å². The van der Waals surface area contributed by atoms with Crippen molar-refractivity contribution in [2.45, 2.75) is 310 Å². The summed E-state index contributed by atoms with van der Waals surface area (Å²) < 4.78 is 16.8. The zero-order chi connectivity index (χ0) is 44.7. The SMILES string of the molecule is CCCCCCCCCCCCCCCCCCCCCC(=O)OC[C@H](COC(=O)CCCCCCCCCCCC(C)C)OC(=O)CCCCCCCCCCC(C)CC. The van der Waals surface area contributed by atoms with Gasteiger partial charge in [0.2, 0.25) is 0 Å². The molecule has 0 rings (SSSR count). The summed E-state index contributed by atoms with van der Waals surface area (Å²) in [6.07, 6.45) is 49.5. The Labute approximate surface area is 380 Å². The van der Waals surface area contributed by atoms with Crippen LogP contribution in [0.15, 0.2) is 0 Å². The fourth-order valence-electron chi connectivity index (χ4n) is 8.31. The van der Waals surface area contributed by atoms with Crippen LogP contribution in [-0.4, -0.2) is 37.2 Å². The van der Waals surface area contributed by atoms with E-state index in [0.29, 0.717) is 19.3 Å². The molecule has 6 nitrogen and oxygen atoms in total. The molecule has 0 aliphatic rings. The third-order valence-electron chi connectivity index (χ3n) is 12.8. The molecule has 0 heterocycles. The smallest absolute Gasteiger partial charge is 0.306 e. The topological polar surface area (TPSA) is 78.9 Å². The van der Waals surface area contributed by atoms with Gasteiger partial charge in [0, 0.05) is 19.3 Å². The van der Waals surface area contributed by atoms with Crippen molar-refractivity contribution in [1.29, 1.82) is 0 Å². The molecule has 0 saturated heterocycles. The van der Waals surface area contributed by atoms with E-state index < -0.39 is 6.10 Å². The molecule has 0 saturated carbocycles. The van der Waals surface area contributed by atoms with Crippen LogP contribution in [0.2, 0.25) is 0 Å². The minimum absolute atomic E-state index is 0.0640. The van der Waals surface area contributed by atoms with E-state index in [1.807, 2.05) is 0 Å². The van der Waals surface area contributed by atoms with Gasteiger partial charge in [0.1, 0.15) is 13.2 Å². The first-order chi connectivity index (χ1) is 29.8. The van der Waals surface area contributed by atoms with Gasteiger partial charge in [0.25, 0.3) is 0 Å². The first-order valence-corrected chi connectivity index (χ1v) is 27.3. The maximum Gasteiger partial charge on any atom is 0.306 e. The first-order valence-electron chi connectivity index (χ1n) is 27.3. The number of esters is 3. The number of hydrogen-bond acceptors (Lipinski definition) is 6. The lowest BCUT2D eigenvalue weighted by atomic mass is 9.99. The molecular weight excluding hydrogens is 757 g/mol. The van der Waals surface area contributed by atoms with Crippen molar-refractivity contribution in [2.24, 2.45) is 11.8 Å². The number of carbonyl (C=O) groups excluding carboxylic acids is 3. The van der Waals surface area contributed by atoms with Crippen LogP contribution >= 0.6 is 0 Å². The summed E-state index contributed by atoms with van der Waals surface area (Å²) in [5.41, 5.74) is 0. The second kappa shape index (κ2) is 47.9. The number of hydrogen-bond donors (Lipinski definition) is 0. The zero-order valence-corrected chi connectivity index (χ0v) is 41.8. The molecule has 0 aromatic carbocycles. The van der Waals surface area contributed by atoms with Crippen molar-refractivity contribution >= 4 is 17.9 Å². The number of ether oxygens (including phenoxy) is 3. The lowest BCUT2D eigenvalue weighted by Crippen LogP contribution is -2.30. The average Bonchev–Trinajstić information content (AvgIpc) is 3.24. The van der Waals surface area contributed by atoms with Crippen LogP contribution in [0.1, 0.15) is 304 Å². The lowest BCUT2D eigenvalue weighted by Gasteiger charge is -2.18. The van der Waals surface area contributed by atoms with E-state index in [-0.39, 0.29) is 31.1 Å². The molecule has 0 bridgehead atoms. The van der Waals surface area contributed by atoms with Crippen molar-refractivity contribution in [1.82, 2.24) is 0 Å². The lowest BCUT2D eigenvalue weighted by molar-refractivity contribution is -0.167. The highest BCUT2D eigenvalue weighted by Gasteiger charge is 2.19. The number of unbranched alkanes of at least 4 members (excludes halogenated alkanes) is 33. The Morgan fingerprint density at radius 1 is 0.344 bits per heavy atom. The van der Waals surface area contributed by atoms with Crippen LogP contribution in [0.25, 0.3) is 0 Å². The molecule has 0 aromatic heterocycles. The molecule has 0 fully saturated rings. The second-order valence-electron chi connectivity index (χ2n) is 19.6. The fraction of sp³-hybridized carbons (Fsp3) is 0.945. The Morgan fingerprint density at radius 2 is 0.623 bits per heavy atom. The molecular formula is C55H106O6. The summed E-state index contributed by atoms with van der Waals surface area (Å²) in [6.45, 7) is 11.4. The molecule has 0 aliphatic carbocycles. The van der Waals surface area contributed by atoms with Gasteiger partial charge in [-0.05, 0) is 31.1 Å². The van der Waals surface area contributed by atoms with Crippen LogP contribution in [0.5, 0.6) is 0 Å². The first kappa shape index (κ1) is 59.4. The third kappa shape index (κ3) is 47.7. The molecule has 0 aromatic rings. The van der Waals surface area contributed by atoms with Crippen LogP contribution < -0.4 is 0 Å². The van der Waals surface area contributed by atoms with Gasteiger partial charge in [-0.3, -0.25) is 14.4 Å². The monoisotopic (exact) mass is 863 g/mol. The van der Waals surface area contributed by atoms with Gasteiger partial charge < -0.3 is 14.2 Å². The predicted molar refractivity (Wildman–Crippen MR) is 261 cm³/mol. The maximum absolute atomic E-state index is 12.8. The Hall–Kier alpha value is -1.59. The molecule has 0 amide bonds. The minimum atomic E-state index is -0.763. The largest absolute Gasteiger partial charge is 0.462 e. The Balaban J connectivity index is 4.26. The summed E-state index contributed by atoms with van der Waals surface area (Å²) in [6, 6.07) is 0. The summed E-state index contributed by atoms with van der Waals surface area (Å²) in [4.78, 5) is 38.0. The molecule has 0 N–H and O–H groups in total. The predicted octanol–water partition coefficient (Wildman–Crippen LogP) is 17.7.